The van der Waals surface area contributed by atoms with Gasteiger partial charge in [0.1, 0.15) is 5.75 Å². The van der Waals surface area contributed by atoms with Crippen LogP contribution in [0.4, 0.5) is 8.78 Å². The summed E-state index contributed by atoms with van der Waals surface area (Å²) in [5.74, 6) is 0.218. The Morgan fingerprint density at radius 3 is 2.65 bits per heavy atom. The molecule has 0 heterocycles. The predicted octanol–water partition coefficient (Wildman–Crippen LogP) is 3.48. The molecule has 1 N–H and O–H groups in total. The summed E-state index contributed by atoms with van der Waals surface area (Å²) in [5, 5.41) is 3.32. The van der Waals surface area contributed by atoms with Crippen LogP contribution in [-0.4, -0.2) is 38.2 Å². The maximum Gasteiger partial charge on any atom is 0.387 e. The second kappa shape index (κ2) is 8.54. The molecule has 0 aromatic heterocycles. The fourth-order valence-electron chi connectivity index (χ4n) is 1.74. The number of nitrogens with zero attached hydrogens (tertiary/aromatic N) is 1. The highest BCUT2D eigenvalue weighted by molar-refractivity contribution is 9.10. The number of rotatable bonds is 8. The second-order valence-electron chi connectivity index (χ2n) is 5.00. The van der Waals surface area contributed by atoms with Gasteiger partial charge in [-0.15, -0.1) is 0 Å². The van der Waals surface area contributed by atoms with Crippen LogP contribution in [0, 0.1) is 0 Å². The van der Waals surface area contributed by atoms with Gasteiger partial charge in [0.15, 0.2) is 0 Å². The Morgan fingerprint density at radius 2 is 2.05 bits per heavy atom. The van der Waals surface area contributed by atoms with Crippen LogP contribution in [0.2, 0.25) is 0 Å². The second-order valence-corrected chi connectivity index (χ2v) is 5.92. The molecule has 3 nitrogen and oxygen atoms in total. The SMILES string of the molecule is CC(CCN(C)C)NCc1cc(Br)ccc1OC(F)F. The summed E-state index contributed by atoms with van der Waals surface area (Å²) in [5.41, 5.74) is 0.719. The van der Waals surface area contributed by atoms with Gasteiger partial charge >= 0.3 is 6.61 Å². The van der Waals surface area contributed by atoms with Gasteiger partial charge in [-0.05, 0) is 52.2 Å². The van der Waals surface area contributed by atoms with E-state index in [-0.39, 0.29) is 5.75 Å². The third-order valence-corrected chi connectivity index (χ3v) is 3.38. The molecule has 6 heteroatoms. The van der Waals surface area contributed by atoms with E-state index in [1.54, 1.807) is 18.2 Å². The van der Waals surface area contributed by atoms with Crippen LogP contribution in [-0.2, 0) is 6.54 Å². The summed E-state index contributed by atoms with van der Waals surface area (Å²) in [6, 6.07) is 5.34. The first-order valence-electron chi connectivity index (χ1n) is 6.50. The van der Waals surface area contributed by atoms with Gasteiger partial charge in [0.25, 0.3) is 0 Å². The lowest BCUT2D eigenvalue weighted by Gasteiger charge is -2.18. The Bertz CT molecular complexity index is 416. The fraction of sp³-hybridized carbons (Fsp3) is 0.571. The van der Waals surface area contributed by atoms with Crippen molar-refractivity contribution < 1.29 is 13.5 Å². The average molecular weight is 351 g/mol. The summed E-state index contributed by atoms with van der Waals surface area (Å²) < 4.78 is 30.1. The highest BCUT2D eigenvalue weighted by Gasteiger charge is 2.11. The molecule has 114 valence electrons. The quantitative estimate of drug-likeness (QED) is 0.776. The van der Waals surface area contributed by atoms with Gasteiger partial charge in [-0.3, -0.25) is 0 Å². The van der Waals surface area contributed by atoms with Crippen molar-refractivity contribution in [2.24, 2.45) is 0 Å². The minimum atomic E-state index is -2.80. The Hall–Kier alpha value is -0.720. The largest absolute Gasteiger partial charge is 0.434 e. The Labute approximate surface area is 127 Å². The van der Waals surface area contributed by atoms with E-state index in [1.165, 1.54) is 0 Å². The average Bonchev–Trinajstić information content (AvgIpc) is 2.36. The smallest absolute Gasteiger partial charge is 0.387 e. The topological polar surface area (TPSA) is 24.5 Å². The lowest BCUT2D eigenvalue weighted by molar-refractivity contribution is -0.0505. The molecule has 1 unspecified atom stereocenters. The van der Waals surface area contributed by atoms with Crippen molar-refractivity contribution >= 4 is 15.9 Å². The zero-order valence-corrected chi connectivity index (χ0v) is 13.6. The van der Waals surface area contributed by atoms with E-state index in [0.29, 0.717) is 12.6 Å². The number of halogens is 3. The number of ether oxygens (including phenoxy) is 1. The van der Waals surface area contributed by atoms with Crippen LogP contribution in [0.25, 0.3) is 0 Å². The molecule has 0 aliphatic carbocycles. The molecular formula is C14H21BrF2N2O. The van der Waals surface area contributed by atoms with Crippen molar-refractivity contribution in [2.45, 2.75) is 32.5 Å². The van der Waals surface area contributed by atoms with E-state index in [0.717, 1.165) is 23.0 Å². The first kappa shape index (κ1) is 17.3. The van der Waals surface area contributed by atoms with Crippen LogP contribution in [0.3, 0.4) is 0 Å². The number of alkyl halides is 2. The van der Waals surface area contributed by atoms with Gasteiger partial charge < -0.3 is 15.0 Å². The molecule has 0 bridgehead atoms. The van der Waals surface area contributed by atoms with E-state index in [2.05, 4.69) is 37.8 Å². The number of nitrogens with one attached hydrogen (secondary N) is 1. The summed E-state index contributed by atoms with van der Waals surface area (Å²) in [4.78, 5) is 2.11. The Kier molecular flexibility index (Phi) is 7.40. The number of hydrogen-bond donors (Lipinski definition) is 1. The molecule has 1 rings (SSSR count). The molecule has 1 aromatic carbocycles. The Morgan fingerprint density at radius 1 is 1.35 bits per heavy atom. The lowest BCUT2D eigenvalue weighted by Crippen LogP contribution is -2.29. The van der Waals surface area contributed by atoms with Gasteiger partial charge in [-0.1, -0.05) is 15.9 Å². The van der Waals surface area contributed by atoms with Crippen molar-refractivity contribution in [1.29, 1.82) is 0 Å². The molecular weight excluding hydrogens is 330 g/mol. The molecule has 0 aliphatic heterocycles. The summed E-state index contributed by atoms with van der Waals surface area (Å²) in [6.07, 6.45) is 0.992. The summed E-state index contributed by atoms with van der Waals surface area (Å²) in [7, 11) is 4.05. The van der Waals surface area contributed by atoms with Crippen LogP contribution >= 0.6 is 15.9 Å². The zero-order valence-electron chi connectivity index (χ0n) is 12.0. The molecule has 1 aromatic rings. The lowest BCUT2D eigenvalue weighted by atomic mass is 10.1. The van der Waals surface area contributed by atoms with Crippen LogP contribution in [0.5, 0.6) is 5.75 Å². The molecule has 0 saturated heterocycles. The molecule has 0 fully saturated rings. The van der Waals surface area contributed by atoms with E-state index in [1.807, 2.05) is 14.1 Å². The monoisotopic (exact) mass is 350 g/mol. The van der Waals surface area contributed by atoms with Gasteiger partial charge in [0.2, 0.25) is 0 Å². The third kappa shape index (κ3) is 6.63. The maximum atomic E-state index is 12.3. The standard InChI is InChI=1S/C14H21BrF2N2O/c1-10(6-7-19(2)3)18-9-11-8-12(15)4-5-13(11)20-14(16)17/h4-5,8,10,14,18H,6-7,9H2,1-3H3. The van der Waals surface area contributed by atoms with Crippen LogP contribution in [0.15, 0.2) is 22.7 Å². The number of hydrogen-bond acceptors (Lipinski definition) is 3. The number of benzene rings is 1. The minimum absolute atomic E-state index is 0.218. The molecule has 0 amide bonds. The zero-order chi connectivity index (χ0) is 15.1. The van der Waals surface area contributed by atoms with Crippen molar-refractivity contribution in [2.75, 3.05) is 20.6 Å². The summed E-state index contributed by atoms with van der Waals surface area (Å²) >= 11 is 3.34. The first-order valence-corrected chi connectivity index (χ1v) is 7.29. The van der Waals surface area contributed by atoms with Gasteiger partial charge in [0.05, 0.1) is 0 Å². The van der Waals surface area contributed by atoms with Crippen molar-refractivity contribution in [3.05, 3.63) is 28.2 Å². The molecule has 1 atom stereocenters. The normalized spacial score (nSPS) is 13.0. The van der Waals surface area contributed by atoms with Crippen molar-refractivity contribution in [1.82, 2.24) is 10.2 Å². The first-order chi connectivity index (χ1) is 9.38. The van der Waals surface area contributed by atoms with Crippen LogP contribution < -0.4 is 10.1 Å². The minimum Gasteiger partial charge on any atom is -0.434 e. The van der Waals surface area contributed by atoms with Gasteiger partial charge in [-0.2, -0.15) is 8.78 Å². The van der Waals surface area contributed by atoms with Crippen molar-refractivity contribution in [3.63, 3.8) is 0 Å². The molecule has 0 saturated carbocycles. The summed E-state index contributed by atoms with van der Waals surface area (Å²) in [6.45, 7) is 0.749. The van der Waals surface area contributed by atoms with Crippen LogP contribution in [0.1, 0.15) is 18.9 Å². The van der Waals surface area contributed by atoms with Crippen molar-refractivity contribution in [3.8, 4) is 5.75 Å². The Balaban J connectivity index is 2.59. The van der Waals surface area contributed by atoms with E-state index < -0.39 is 6.61 Å². The van der Waals surface area contributed by atoms with Gasteiger partial charge in [-0.25, -0.2) is 0 Å². The molecule has 0 radical (unpaired) electrons. The molecule has 20 heavy (non-hydrogen) atoms. The third-order valence-electron chi connectivity index (χ3n) is 2.89. The highest BCUT2D eigenvalue weighted by atomic mass is 79.9. The van der Waals surface area contributed by atoms with E-state index in [4.69, 9.17) is 0 Å². The van der Waals surface area contributed by atoms with Gasteiger partial charge in [0, 0.05) is 22.6 Å². The predicted molar refractivity (Wildman–Crippen MR) is 80.2 cm³/mol. The highest BCUT2D eigenvalue weighted by Crippen LogP contribution is 2.24. The maximum absolute atomic E-state index is 12.3. The molecule has 0 aliphatic rings. The molecule has 0 spiro atoms. The van der Waals surface area contributed by atoms with E-state index >= 15 is 0 Å². The van der Waals surface area contributed by atoms with E-state index in [9.17, 15) is 8.78 Å². The fourth-order valence-corrected chi connectivity index (χ4v) is 2.14.